The highest BCUT2D eigenvalue weighted by Gasteiger charge is 2.37. The van der Waals surface area contributed by atoms with Crippen LogP contribution in [0.3, 0.4) is 0 Å². The summed E-state index contributed by atoms with van der Waals surface area (Å²) in [6, 6.07) is 27.2. The van der Waals surface area contributed by atoms with E-state index in [-0.39, 0.29) is 11.1 Å². The molecule has 0 radical (unpaired) electrons. The number of carbonyl (C=O) groups is 2. The molecule has 0 saturated carbocycles. The largest absolute Gasteiger partial charge is 0.386 e. The van der Waals surface area contributed by atoms with Gasteiger partial charge in [0.05, 0.1) is 11.1 Å². The molecular weight excluding hydrogens is 386 g/mol. The van der Waals surface area contributed by atoms with Crippen LogP contribution < -0.4 is 0 Å². The van der Waals surface area contributed by atoms with Gasteiger partial charge in [0.1, 0.15) is 0 Å². The van der Waals surface area contributed by atoms with Gasteiger partial charge < -0.3 is 9.30 Å². The first-order valence-electron chi connectivity index (χ1n) is 10.0. The third kappa shape index (κ3) is 3.28. The molecule has 1 fully saturated rings. The van der Waals surface area contributed by atoms with Crippen LogP contribution in [0.5, 0.6) is 0 Å². The third-order valence-corrected chi connectivity index (χ3v) is 5.48. The van der Waals surface area contributed by atoms with E-state index in [1.165, 1.54) is 0 Å². The summed E-state index contributed by atoms with van der Waals surface area (Å²) in [5, 5.41) is 1.00. The molecule has 0 atom stereocenters. The number of hydrogen-bond acceptors (Lipinski definition) is 3. The second-order valence-corrected chi connectivity index (χ2v) is 7.43. The van der Waals surface area contributed by atoms with E-state index in [1.54, 1.807) is 6.08 Å². The fourth-order valence-corrected chi connectivity index (χ4v) is 4.08. The van der Waals surface area contributed by atoms with Crippen LogP contribution in [0.1, 0.15) is 16.7 Å². The number of carbonyl (C=O) groups excluding carboxylic acids is 2. The number of ether oxygens (including phenoxy) is 1. The van der Waals surface area contributed by atoms with Crippen LogP contribution in [0.25, 0.3) is 22.6 Å². The minimum atomic E-state index is -0.628. The van der Waals surface area contributed by atoms with Crippen LogP contribution in [0, 0.1) is 0 Å². The van der Waals surface area contributed by atoms with E-state index in [0.717, 1.165) is 27.6 Å². The zero-order chi connectivity index (χ0) is 21.4. The molecule has 0 bridgehead atoms. The molecule has 150 valence electrons. The van der Waals surface area contributed by atoms with Crippen molar-refractivity contribution in [2.75, 3.05) is 0 Å². The van der Waals surface area contributed by atoms with Crippen molar-refractivity contribution in [2.45, 2.75) is 0 Å². The van der Waals surface area contributed by atoms with Crippen molar-refractivity contribution < 1.29 is 14.3 Å². The number of aromatic nitrogens is 1. The lowest BCUT2D eigenvalue weighted by Gasteiger charge is -2.11. The maximum absolute atomic E-state index is 12.9. The Morgan fingerprint density at radius 3 is 2.00 bits per heavy atom. The Morgan fingerprint density at radius 1 is 0.774 bits per heavy atom. The smallest absolute Gasteiger partial charge is 0.347 e. The summed E-state index contributed by atoms with van der Waals surface area (Å²) in [6.07, 6.45) is 3.72. The lowest BCUT2D eigenvalue weighted by molar-refractivity contribution is -0.149. The Kier molecular flexibility index (Phi) is 4.60. The van der Waals surface area contributed by atoms with Gasteiger partial charge in [-0.1, -0.05) is 78.9 Å². The van der Waals surface area contributed by atoms with Crippen molar-refractivity contribution in [3.63, 3.8) is 0 Å². The van der Waals surface area contributed by atoms with Gasteiger partial charge in [-0.2, -0.15) is 0 Å². The predicted molar refractivity (Wildman–Crippen MR) is 121 cm³/mol. The molecule has 0 unspecified atom stereocenters. The lowest BCUT2D eigenvalue weighted by Crippen LogP contribution is -2.02. The van der Waals surface area contributed by atoms with E-state index in [1.807, 2.05) is 103 Å². The standard InChI is InChI=1S/C27H19NO3/c1-28-17-20(21-14-8-9-15-23(21)28)16-22-25(27(30)31-26(22)29)24(18-10-4-2-5-11-18)19-12-6-3-7-13-19/h2-17H,1H3/b22-16-. The molecule has 4 aromatic rings. The fourth-order valence-electron chi connectivity index (χ4n) is 4.08. The molecule has 5 rings (SSSR count). The minimum Gasteiger partial charge on any atom is -0.386 e. The molecule has 1 aliphatic rings. The Balaban J connectivity index is 1.80. The fraction of sp³-hybridized carbons (Fsp3) is 0.0370. The number of cyclic esters (lactones) is 2. The van der Waals surface area contributed by atoms with E-state index in [2.05, 4.69) is 0 Å². The van der Waals surface area contributed by atoms with E-state index in [9.17, 15) is 9.59 Å². The highest BCUT2D eigenvalue weighted by molar-refractivity contribution is 6.25. The van der Waals surface area contributed by atoms with Crippen LogP contribution in [-0.4, -0.2) is 16.5 Å². The predicted octanol–water partition coefficient (Wildman–Crippen LogP) is 5.15. The normalized spacial score (nSPS) is 15.0. The van der Waals surface area contributed by atoms with Gasteiger partial charge in [0, 0.05) is 35.3 Å². The molecular formula is C27H19NO3. The molecule has 1 aliphatic heterocycles. The first kappa shape index (κ1) is 18.8. The Bertz CT molecular complexity index is 1330. The van der Waals surface area contributed by atoms with Crippen LogP contribution >= 0.6 is 0 Å². The summed E-state index contributed by atoms with van der Waals surface area (Å²) < 4.78 is 7.09. The number of aryl methyl sites for hydroxylation is 1. The Labute approximate surface area is 179 Å². The molecule has 31 heavy (non-hydrogen) atoms. The van der Waals surface area contributed by atoms with Gasteiger partial charge >= 0.3 is 11.9 Å². The number of esters is 2. The van der Waals surface area contributed by atoms with Gasteiger partial charge in [0.25, 0.3) is 0 Å². The highest BCUT2D eigenvalue weighted by atomic mass is 16.6. The summed E-state index contributed by atoms with van der Waals surface area (Å²) in [6.45, 7) is 0. The van der Waals surface area contributed by atoms with Crippen LogP contribution in [-0.2, 0) is 21.4 Å². The van der Waals surface area contributed by atoms with Crippen molar-refractivity contribution >= 4 is 34.5 Å². The number of para-hydroxylation sites is 1. The summed E-state index contributed by atoms with van der Waals surface area (Å²) in [7, 11) is 1.96. The minimum absolute atomic E-state index is 0.268. The first-order valence-corrected chi connectivity index (χ1v) is 10.0. The van der Waals surface area contributed by atoms with Crippen molar-refractivity contribution in [2.24, 2.45) is 7.05 Å². The van der Waals surface area contributed by atoms with Crippen molar-refractivity contribution in [3.8, 4) is 0 Å². The molecule has 3 aromatic carbocycles. The zero-order valence-electron chi connectivity index (χ0n) is 16.9. The topological polar surface area (TPSA) is 48.3 Å². The van der Waals surface area contributed by atoms with Gasteiger partial charge in [-0.3, -0.25) is 0 Å². The van der Waals surface area contributed by atoms with Crippen LogP contribution in [0.4, 0.5) is 0 Å². The number of benzene rings is 3. The molecule has 4 heteroatoms. The zero-order valence-corrected chi connectivity index (χ0v) is 16.9. The van der Waals surface area contributed by atoms with Gasteiger partial charge in [-0.05, 0) is 23.3 Å². The van der Waals surface area contributed by atoms with Gasteiger partial charge in [-0.25, -0.2) is 9.59 Å². The molecule has 2 heterocycles. The monoisotopic (exact) mass is 405 g/mol. The quantitative estimate of drug-likeness (QED) is 0.269. The first-order chi connectivity index (χ1) is 15.1. The van der Waals surface area contributed by atoms with Gasteiger partial charge in [-0.15, -0.1) is 0 Å². The van der Waals surface area contributed by atoms with Crippen molar-refractivity contribution in [1.29, 1.82) is 0 Å². The SMILES string of the molecule is Cn1cc(/C=C2\C(=O)OC(=O)C2=C(c2ccccc2)c2ccccc2)c2ccccc21. The molecule has 1 saturated heterocycles. The van der Waals surface area contributed by atoms with Crippen LogP contribution in [0.2, 0.25) is 0 Å². The maximum Gasteiger partial charge on any atom is 0.347 e. The van der Waals surface area contributed by atoms with E-state index < -0.39 is 11.9 Å². The lowest BCUT2D eigenvalue weighted by atomic mass is 9.89. The average Bonchev–Trinajstić information content (AvgIpc) is 3.26. The Morgan fingerprint density at radius 2 is 1.35 bits per heavy atom. The highest BCUT2D eigenvalue weighted by Crippen LogP contribution is 2.36. The molecule has 4 nitrogen and oxygen atoms in total. The summed E-state index contributed by atoms with van der Waals surface area (Å²) in [5.41, 5.74) is 4.84. The summed E-state index contributed by atoms with van der Waals surface area (Å²) in [5.74, 6) is -1.25. The Hall–Kier alpha value is -4.18. The van der Waals surface area contributed by atoms with E-state index >= 15 is 0 Å². The van der Waals surface area contributed by atoms with Gasteiger partial charge in [0.15, 0.2) is 0 Å². The second kappa shape index (κ2) is 7.58. The molecule has 0 spiro atoms. The summed E-state index contributed by atoms with van der Waals surface area (Å²) in [4.78, 5) is 25.7. The molecule has 0 N–H and O–H groups in total. The number of fused-ring (bicyclic) bond motifs is 1. The van der Waals surface area contributed by atoms with E-state index in [0.29, 0.717) is 5.57 Å². The molecule has 0 amide bonds. The maximum atomic E-state index is 12.9. The number of nitrogens with zero attached hydrogens (tertiary/aromatic N) is 1. The molecule has 0 aliphatic carbocycles. The summed E-state index contributed by atoms with van der Waals surface area (Å²) >= 11 is 0. The second-order valence-electron chi connectivity index (χ2n) is 7.43. The third-order valence-electron chi connectivity index (χ3n) is 5.48. The molecule has 1 aromatic heterocycles. The van der Waals surface area contributed by atoms with Crippen molar-refractivity contribution in [1.82, 2.24) is 4.57 Å². The van der Waals surface area contributed by atoms with Crippen molar-refractivity contribution in [3.05, 3.63) is 119 Å². The number of hydrogen-bond donors (Lipinski definition) is 0. The average molecular weight is 405 g/mol. The van der Waals surface area contributed by atoms with E-state index in [4.69, 9.17) is 4.74 Å². The van der Waals surface area contributed by atoms with Gasteiger partial charge in [0.2, 0.25) is 0 Å². The number of rotatable bonds is 3. The van der Waals surface area contributed by atoms with Crippen LogP contribution in [0.15, 0.2) is 102 Å².